The maximum atomic E-state index is 12.7. The summed E-state index contributed by atoms with van der Waals surface area (Å²) in [5.74, 6) is -1.36. The Morgan fingerprint density at radius 1 is 1.57 bits per heavy atom. The van der Waals surface area contributed by atoms with E-state index in [1.165, 1.54) is 22.6 Å². The van der Waals surface area contributed by atoms with Gasteiger partial charge in [0, 0.05) is 6.07 Å². The van der Waals surface area contributed by atoms with Gasteiger partial charge >= 0.3 is 5.69 Å². The van der Waals surface area contributed by atoms with Crippen LogP contribution < -0.4 is 0 Å². The van der Waals surface area contributed by atoms with E-state index in [2.05, 4.69) is 4.98 Å². The first kappa shape index (κ1) is 11.1. The minimum absolute atomic E-state index is 0.277. The van der Waals surface area contributed by atoms with Crippen molar-refractivity contribution in [3.05, 3.63) is 31.4 Å². The molecular weight excluding hydrogens is 316 g/mol. The van der Waals surface area contributed by atoms with Gasteiger partial charge in [-0.15, -0.1) is 0 Å². The van der Waals surface area contributed by atoms with Gasteiger partial charge < -0.3 is 0 Å². The van der Waals surface area contributed by atoms with Gasteiger partial charge in [-0.25, -0.2) is 13.8 Å². The zero-order chi connectivity index (χ0) is 10.9. The van der Waals surface area contributed by atoms with Crippen LogP contribution in [0, 0.1) is 19.8 Å². The number of hydrogen-bond donors (Lipinski definition) is 0. The number of pyridine rings is 1. The zero-order valence-corrected chi connectivity index (χ0v) is 8.53. The molecule has 0 unspecified atom stereocenters. The van der Waals surface area contributed by atoms with E-state index >= 15 is 0 Å². The van der Waals surface area contributed by atoms with E-state index < -0.39 is 28.5 Å². The van der Waals surface area contributed by atoms with E-state index in [-0.39, 0.29) is 3.70 Å². The van der Waals surface area contributed by atoms with Crippen molar-refractivity contribution in [3.63, 3.8) is 0 Å². The maximum Gasteiger partial charge on any atom is 0.324 e. The lowest BCUT2D eigenvalue weighted by Crippen LogP contribution is -2.01. The highest BCUT2D eigenvalue weighted by Gasteiger charge is 2.23. The van der Waals surface area contributed by atoms with Crippen LogP contribution in [0.2, 0.25) is 0 Å². The third kappa shape index (κ3) is 2.11. The average molecular weight is 318 g/mol. The second-order valence-electron chi connectivity index (χ2n) is 2.24. The zero-order valence-electron chi connectivity index (χ0n) is 6.38. The molecule has 4 nitrogen and oxygen atoms in total. The van der Waals surface area contributed by atoms with Gasteiger partial charge in [0.05, 0.1) is 10.5 Å². The van der Waals surface area contributed by atoms with Gasteiger partial charge in [0.15, 0.2) is 0 Å². The van der Waals surface area contributed by atoms with E-state index in [9.17, 15) is 23.3 Å². The first-order valence-electron chi connectivity index (χ1n) is 3.22. The lowest BCUT2D eigenvalue weighted by Gasteiger charge is -2.02. The van der Waals surface area contributed by atoms with Gasteiger partial charge in [-0.1, -0.05) is 0 Å². The van der Waals surface area contributed by atoms with E-state index in [4.69, 9.17) is 0 Å². The predicted molar refractivity (Wildman–Crippen MR) is 48.5 cm³/mol. The van der Waals surface area contributed by atoms with Crippen LogP contribution in [-0.2, 0) is 0 Å². The molecule has 8 heteroatoms. The Morgan fingerprint density at radius 2 is 2.14 bits per heavy atom. The Balaban J connectivity index is 3.34. The molecule has 0 bridgehead atoms. The lowest BCUT2D eigenvalue weighted by atomic mass is 10.3. The first-order chi connectivity index (χ1) is 6.43. The topological polar surface area (TPSA) is 56.0 Å². The van der Waals surface area contributed by atoms with E-state index in [1.807, 2.05) is 0 Å². The SMILES string of the molecule is O=[N+]([O-])c1cc(C(F)F)c(I)nc1F. The molecule has 0 aliphatic rings. The molecule has 0 saturated carbocycles. The van der Waals surface area contributed by atoms with E-state index in [1.54, 1.807) is 0 Å². The van der Waals surface area contributed by atoms with Crippen molar-refractivity contribution in [2.24, 2.45) is 0 Å². The molecule has 0 saturated heterocycles. The van der Waals surface area contributed by atoms with Crippen LogP contribution in [-0.4, -0.2) is 9.91 Å². The van der Waals surface area contributed by atoms with Crippen molar-refractivity contribution in [2.45, 2.75) is 6.43 Å². The summed E-state index contributed by atoms with van der Waals surface area (Å²) in [7, 11) is 0. The summed E-state index contributed by atoms with van der Waals surface area (Å²) >= 11 is 1.39. The number of halogens is 4. The predicted octanol–water partition coefficient (Wildman–Crippen LogP) is 2.67. The van der Waals surface area contributed by atoms with Crippen LogP contribution in [0.1, 0.15) is 12.0 Å². The summed E-state index contributed by atoms with van der Waals surface area (Å²) in [6, 6.07) is 0.495. The van der Waals surface area contributed by atoms with Gasteiger partial charge in [-0.2, -0.15) is 4.39 Å². The van der Waals surface area contributed by atoms with Crippen LogP contribution in [0.15, 0.2) is 6.07 Å². The Bertz CT molecular complexity index is 386. The first-order valence-corrected chi connectivity index (χ1v) is 4.30. The molecule has 0 radical (unpaired) electrons. The normalized spacial score (nSPS) is 10.6. The third-order valence-corrected chi connectivity index (χ3v) is 2.23. The van der Waals surface area contributed by atoms with Crippen molar-refractivity contribution in [1.82, 2.24) is 4.98 Å². The van der Waals surface area contributed by atoms with Gasteiger partial charge in [0.2, 0.25) is 0 Å². The Hall–Kier alpha value is -0.930. The number of alkyl halides is 2. The smallest absolute Gasteiger partial charge is 0.258 e. The lowest BCUT2D eigenvalue weighted by molar-refractivity contribution is -0.388. The summed E-state index contributed by atoms with van der Waals surface area (Å²) in [5.41, 5.74) is -1.68. The molecule has 0 aliphatic heterocycles. The molecule has 1 aromatic heterocycles. The Labute approximate surface area is 89.4 Å². The molecule has 1 aromatic rings. The molecule has 0 N–H and O–H groups in total. The molecule has 76 valence electrons. The van der Waals surface area contributed by atoms with Crippen molar-refractivity contribution >= 4 is 28.3 Å². The molecular formula is C6H2F3IN2O2. The fraction of sp³-hybridized carbons (Fsp3) is 0.167. The van der Waals surface area contributed by atoms with Crippen molar-refractivity contribution < 1.29 is 18.1 Å². The minimum Gasteiger partial charge on any atom is -0.258 e. The van der Waals surface area contributed by atoms with Gasteiger partial charge in [0.25, 0.3) is 12.4 Å². The van der Waals surface area contributed by atoms with E-state index in [0.29, 0.717) is 6.07 Å². The third-order valence-electron chi connectivity index (χ3n) is 1.37. The van der Waals surface area contributed by atoms with Crippen LogP contribution in [0.4, 0.5) is 18.9 Å². The molecule has 0 atom stereocenters. The molecule has 0 spiro atoms. The fourth-order valence-electron chi connectivity index (χ4n) is 0.755. The largest absolute Gasteiger partial charge is 0.324 e. The van der Waals surface area contributed by atoms with Gasteiger partial charge in [-0.3, -0.25) is 10.1 Å². The average Bonchev–Trinajstić information content (AvgIpc) is 2.02. The van der Waals surface area contributed by atoms with Crippen LogP contribution >= 0.6 is 22.6 Å². The maximum absolute atomic E-state index is 12.7. The highest BCUT2D eigenvalue weighted by molar-refractivity contribution is 14.1. The van der Waals surface area contributed by atoms with Crippen LogP contribution in [0.5, 0.6) is 0 Å². The number of aromatic nitrogens is 1. The van der Waals surface area contributed by atoms with Gasteiger partial charge in [0.1, 0.15) is 3.70 Å². The summed E-state index contributed by atoms with van der Waals surface area (Å²) < 4.78 is 36.9. The van der Waals surface area contributed by atoms with Gasteiger partial charge in [-0.05, 0) is 22.6 Å². The number of nitrogens with zero attached hydrogens (tertiary/aromatic N) is 2. The van der Waals surface area contributed by atoms with Crippen molar-refractivity contribution in [2.75, 3.05) is 0 Å². The molecule has 0 fully saturated rings. The summed E-state index contributed by atoms with van der Waals surface area (Å²) in [6.45, 7) is 0. The fourth-order valence-corrected chi connectivity index (χ4v) is 1.36. The summed E-state index contributed by atoms with van der Waals surface area (Å²) in [4.78, 5) is 12.1. The van der Waals surface area contributed by atoms with Crippen LogP contribution in [0.25, 0.3) is 0 Å². The van der Waals surface area contributed by atoms with E-state index in [0.717, 1.165) is 0 Å². The molecule has 14 heavy (non-hydrogen) atoms. The number of hydrogen-bond acceptors (Lipinski definition) is 3. The quantitative estimate of drug-likeness (QED) is 0.365. The Morgan fingerprint density at radius 3 is 2.57 bits per heavy atom. The second-order valence-corrected chi connectivity index (χ2v) is 3.26. The number of rotatable bonds is 2. The highest BCUT2D eigenvalue weighted by Crippen LogP contribution is 2.27. The molecule has 0 aromatic carbocycles. The molecule has 0 aliphatic carbocycles. The van der Waals surface area contributed by atoms with Crippen LogP contribution in [0.3, 0.4) is 0 Å². The monoisotopic (exact) mass is 318 g/mol. The molecule has 0 amide bonds. The Kier molecular flexibility index (Phi) is 3.24. The minimum atomic E-state index is -2.91. The molecule has 1 heterocycles. The number of nitro groups is 1. The van der Waals surface area contributed by atoms with Crippen molar-refractivity contribution in [3.8, 4) is 0 Å². The summed E-state index contributed by atoms with van der Waals surface area (Å²) in [5, 5.41) is 10.2. The standard InChI is InChI=1S/C6H2F3IN2O2/c7-4(8)2-1-3(12(13)14)5(9)11-6(2)10/h1,4H. The summed E-state index contributed by atoms with van der Waals surface area (Å²) in [6.07, 6.45) is -2.91. The second kappa shape index (κ2) is 4.07. The highest BCUT2D eigenvalue weighted by atomic mass is 127. The van der Waals surface area contributed by atoms with Crippen molar-refractivity contribution in [1.29, 1.82) is 0 Å². The molecule has 1 rings (SSSR count).